The molecule has 1 unspecified atom stereocenters. The van der Waals surface area contributed by atoms with Gasteiger partial charge in [0.1, 0.15) is 0 Å². The van der Waals surface area contributed by atoms with Crippen molar-refractivity contribution in [3.05, 3.63) is 69.2 Å². The number of hydrogen-bond acceptors (Lipinski definition) is 1. The molecule has 2 aromatic rings. The van der Waals surface area contributed by atoms with E-state index in [1.165, 1.54) is 22.3 Å². The third-order valence-corrected chi connectivity index (χ3v) is 3.67. The Bertz CT molecular complexity index is 525. The Balaban J connectivity index is 2.00. The maximum atomic E-state index is 10.2. The highest BCUT2D eigenvalue weighted by Crippen LogP contribution is 2.15. The quantitative estimate of drug-likeness (QED) is 0.895. The van der Waals surface area contributed by atoms with E-state index in [9.17, 15) is 5.11 Å². The molecule has 2 heteroatoms. The predicted octanol–water partition coefficient (Wildman–Crippen LogP) is 4.21. The summed E-state index contributed by atoms with van der Waals surface area (Å²) in [5.74, 6) is 0. The summed E-state index contributed by atoms with van der Waals surface area (Å²) >= 11 is 3.42. The number of halogens is 1. The molecule has 0 fully saturated rings. The summed E-state index contributed by atoms with van der Waals surface area (Å²) in [5.41, 5.74) is 4.89. The lowest BCUT2D eigenvalue weighted by atomic mass is 9.99. The van der Waals surface area contributed by atoms with Gasteiger partial charge in [0.05, 0.1) is 6.10 Å². The van der Waals surface area contributed by atoms with Gasteiger partial charge in [-0.3, -0.25) is 0 Å². The van der Waals surface area contributed by atoms with Gasteiger partial charge in [-0.2, -0.15) is 0 Å². The average Bonchev–Trinajstić information content (AvgIpc) is 2.30. The van der Waals surface area contributed by atoms with Crippen molar-refractivity contribution in [2.24, 2.45) is 0 Å². The molecule has 19 heavy (non-hydrogen) atoms. The zero-order valence-electron chi connectivity index (χ0n) is 11.4. The highest BCUT2D eigenvalue weighted by atomic mass is 79.9. The van der Waals surface area contributed by atoms with Crippen LogP contribution in [-0.2, 0) is 12.8 Å². The number of hydrogen-bond donors (Lipinski definition) is 1. The second-order valence-electron chi connectivity index (χ2n) is 5.18. The van der Waals surface area contributed by atoms with E-state index in [4.69, 9.17) is 0 Å². The van der Waals surface area contributed by atoms with Gasteiger partial charge in [-0.05, 0) is 49.9 Å². The van der Waals surface area contributed by atoms with Crippen molar-refractivity contribution in [2.45, 2.75) is 32.8 Å². The molecule has 0 aromatic heterocycles. The first-order valence-corrected chi connectivity index (χ1v) is 7.32. The van der Waals surface area contributed by atoms with Crippen LogP contribution in [0.25, 0.3) is 0 Å². The average molecular weight is 319 g/mol. The molecule has 0 heterocycles. The summed E-state index contributed by atoms with van der Waals surface area (Å²) < 4.78 is 1.07. The van der Waals surface area contributed by atoms with Crippen molar-refractivity contribution in [3.8, 4) is 0 Å². The predicted molar refractivity (Wildman–Crippen MR) is 83.5 cm³/mol. The monoisotopic (exact) mass is 318 g/mol. The van der Waals surface area contributed by atoms with Crippen LogP contribution >= 0.6 is 15.9 Å². The first-order chi connectivity index (χ1) is 9.02. The van der Waals surface area contributed by atoms with Gasteiger partial charge >= 0.3 is 0 Å². The Hall–Kier alpha value is -1.12. The number of aliphatic hydroxyl groups is 1. The molecule has 0 aliphatic rings. The minimum absolute atomic E-state index is 0.331. The van der Waals surface area contributed by atoms with Gasteiger partial charge in [-0.25, -0.2) is 0 Å². The lowest BCUT2D eigenvalue weighted by Crippen LogP contribution is -2.14. The summed E-state index contributed by atoms with van der Waals surface area (Å²) in [5, 5.41) is 10.2. The molecule has 0 saturated carbocycles. The molecule has 100 valence electrons. The van der Waals surface area contributed by atoms with Crippen LogP contribution in [0, 0.1) is 13.8 Å². The standard InChI is InChI=1S/C17H19BrO/c1-12-7-13(2)9-15(8-12)11-17(19)10-14-3-5-16(18)6-4-14/h3-9,17,19H,10-11H2,1-2H3. The van der Waals surface area contributed by atoms with Gasteiger partial charge in [0.15, 0.2) is 0 Å². The third kappa shape index (κ3) is 4.48. The van der Waals surface area contributed by atoms with E-state index in [1.54, 1.807) is 0 Å². The van der Waals surface area contributed by atoms with Crippen LogP contribution in [0.2, 0.25) is 0 Å². The molecule has 0 spiro atoms. The number of rotatable bonds is 4. The molecule has 2 aromatic carbocycles. The Morgan fingerprint density at radius 2 is 1.42 bits per heavy atom. The van der Waals surface area contributed by atoms with Crippen LogP contribution in [0.5, 0.6) is 0 Å². The van der Waals surface area contributed by atoms with Gasteiger partial charge in [-0.15, -0.1) is 0 Å². The van der Waals surface area contributed by atoms with Gasteiger partial charge < -0.3 is 5.11 Å². The summed E-state index contributed by atoms with van der Waals surface area (Å²) in [4.78, 5) is 0. The molecular weight excluding hydrogens is 300 g/mol. The highest BCUT2D eigenvalue weighted by molar-refractivity contribution is 9.10. The molecule has 0 aliphatic carbocycles. The molecular formula is C17H19BrO. The van der Waals surface area contributed by atoms with Crippen molar-refractivity contribution < 1.29 is 5.11 Å². The Labute approximate surface area is 123 Å². The fourth-order valence-corrected chi connectivity index (χ4v) is 2.69. The molecule has 2 rings (SSSR count). The number of benzene rings is 2. The first kappa shape index (κ1) is 14.3. The zero-order valence-corrected chi connectivity index (χ0v) is 12.9. The third-order valence-electron chi connectivity index (χ3n) is 3.14. The van der Waals surface area contributed by atoms with Gasteiger partial charge in [-0.1, -0.05) is 57.4 Å². The van der Waals surface area contributed by atoms with Crippen LogP contribution in [-0.4, -0.2) is 11.2 Å². The van der Waals surface area contributed by atoms with Crippen molar-refractivity contribution in [1.29, 1.82) is 0 Å². The Kier molecular flexibility index (Phi) is 4.78. The SMILES string of the molecule is Cc1cc(C)cc(CC(O)Cc2ccc(Br)cc2)c1. The topological polar surface area (TPSA) is 20.2 Å². The molecule has 0 radical (unpaired) electrons. The van der Waals surface area contributed by atoms with Gasteiger partial charge in [0.2, 0.25) is 0 Å². The fraction of sp³-hybridized carbons (Fsp3) is 0.294. The van der Waals surface area contributed by atoms with E-state index in [0.717, 1.165) is 4.47 Å². The largest absolute Gasteiger partial charge is 0.392 e. The smallest absolute Gasteiger partial charge is 0.0620 e. The molecule has 1 N–H and O–H groups in total. The summed E-state index contributed by atoms with van der Waals surface area (Å²) in [7, 11) is 0. The van der Waals surface area contributed by atoms with Gasteiger partial charge in [0.25, 0.3) is 0 Å². The Morgan fingerprint density at radius 1 is 0.895 bits per heavy atom. The van der Waals surface area contributed by atoms with E-state index in [-0.39, 0.29) is 6.10 Å². The molecule has 1 atom stereocenters. The second-order valence-corrected chi connectivity index (χ2v) is 6.10. The highest BCUT2D eigenvalue weighted by Gasteiger charge is 2.07. The van der Waals surface area contributed by atoms with Crippen molar-refractivity contribution in [3.63, 3.8) is 0 Å². The molecule has 0 amide bonds. The van der Waals surface area contributed by atoms with Crippen molar-refractivity contribution in [1.82, 2.24) is 0 Å². The maximum Gasteiger partial charge on any atom is 0.0620 e. The minimum atomic E-state index is -0.331. The molecule has 0 aliphatic heterocycles. The van der Waals surface area contributed by atoms with Crippen LogP contribution in [0.15, 0.2) is 46.9 Å². The van der Waals surface area contributed by atoms with Gasteiger partial charge in [0, 0.05) is 4.47 Å². The summed E-state index contributed by atoms with van der Waals surface area (Å²) in [6.45, 7) is 4.19. The van der Waals surface area contributed by atoms with Crippen LogP contribution in [0.1, 0.15) is 22.3 Å². The van der Waals surface area contributed by atoms with E-state index in [1.807, 2.05) is 12.1 Å². The van der Waals surface area contributed by atoms with Crippen LogP contribution in [0.3, 0.4) is 0 Å². The van der Waals surface area contributed by atoms with Crippen LogP contribution < -0.4 is 0 Å². The number of aryl methyl sites for hydroxylation is 2. The lowest BCUT2D eigenvalue weighted by molar-refractivity contribution is 0.175. The van der Waals surface area contributed by atoms with E-state index < -0.39 is 0 Å². The van der Waals surface area contributed by atoms with Crippen molar-refractivity contribution in [2.75, 3.05) is 0 Å². The minimum Gasteiger partial charge on any atom is -0.392 e. The van der Waals surface area contributed by atoms with E-state index in [0.29, 0.717) is 12.8 Å². The molecule has 0 bridgehead atoms. The summed E-state index contributed by atoms with van der Waals surface area (Å²) in [6, 6.07) is 14.6. The fourth-order valence-electron chi connectivity index (χ4n) is 2.42. The lowest BCUT2D eigenvalue weighted by Gasteiger charge is -2.12. The zero-order chi connectivity index (χ0) is 13.8. The van der Waals surface area contributed by atoms with E-state index in [2.05, 4.69) is 60.1 Å². The van der Waals surface area contributed by atoms with Crippen molar-refractivity contribution >= 4 is 15.9 Å². The Morgan fingerprint density at radius 3 is 2.00 bits per heavy atom. The normalized spacial score (nSPS) is 12.4. The van der Waals surface area contributed by atoms with Crippen LogP contribution in [0.4, 0.5) is 0 Å². The molecule has 1 nitrogen and oxygen atoms in total. The summed E-state index contributed by atoms with van der Waals surface area (Å²) in [6.07, 6.45) is 1.07. The van der Waals surface area contributed by atoms with E-state index >= 15 is 0 Å². The molecule has 0 saturated heterocycles. The second kappa shape index (κ2) is 6.36. The maximum absolute atomic E-state index is 10.2. The first-order valence-electron chi connectivity index (χ1n) is 6.52. The number of aliphatic hydroxyl groups excluding tert-OH is 1.